The highest BCUT2D eigenvalue weighted by atomic mass is 16.8. The molecule has 0 amide bonds. The highest BCUT2D eigenvalue weighted by molar-refractivity contribution is 5.20. The highest BCUT2D eigenvalue weighted by Gasteiger charge is 2.51. The Morgan fingerprint density at radius 1 is 0.654 bits per heavy atom. The molecule has 0 aliphatic carbocycles. The van der Waals surface area contributed by atoms with E-state index in [0.717, 1.165) is 12.8 Å². The maximum Gasteiger partial charge on any atom is 0.180 e. The summed E-state index contributed by atoms with van der Waals surface area (Å²) in [6, 6.07) is 20.8. The standard InChI is InChI=1S/C22H28N2O2/c1-21(2,23-19(25-23)17-11-7-5-8-12-17)15-16-22(3,4)24-20(26-24)18-13-9-6-10-14-18/h5-14,19-20H,15-16H2,1-4H3. The minimum atomic E-state index is -0.0178. The quantitative estimate of drug-likeness (QED) is 0.640. The van der Waals surface area contributed by atoms with E-state index >= 15 is 0 Å². The van der Waals surface area contributed by atoms with E-state index < -0.39 is 0 Å². The normalized spacial score (nSPS) is 28.0. The Labute approximate surface area is 156 Å². The largest absolute Gasteiger partial charge is 0.269 e. The molecule has 0 N–H and O–H groups in total. The zero-order valence-corrected chi connectivity index (χ0v) is 16.1. The van der Waals surface area contributed by atoms with Crippen molar-refractivity contribution in [1.29, 1.82) is 0 Å². The molecule has 4 atom stereocenters. The molecule has 0 spiro atoms. The molecule has 4 unspecified atom stereocenters. The van der Waals surface area contributed by atoms with Gasteiger partial charge in [0, 0.05) is 11.1 Å². The van der Waals surface area contributed by atoms with E-state index in [-0.39, 0.29) is 23.5 Å². The summed E-state index contributed by atoms with van der Waals surface area (Å²) in [6.45, 7) is 9.02. The lowest BCUT2D eigenvalue weighted by Crippen LogP contribution is -2.37. The maximum atomic E-state index is 5.89. The van der Waals surface area contributed by atoms with Crippen molar-refractivity contribution >= 4 is 0 Å². The Morgan fingerprint density at radius 3 is 1.35 bits per heavy atom. The van der Waals surface area contributed by atoms with Crippen LogP contribution in [-0.4, -0.2) is 21.2 Å². The summed E-state index contributed by atoms with van der Waals surface area (Å²) in [7, 11) is 0. The van der Waals surface area contributed by atoms with E-state index in [4.69, 9.17) is 9.68 Å². The fraction of sp³-hybridized carbons (Fsp3) is 0.455. The average molecular weight is 352 g/mol. The lowest BCUT2D eigenvalue weighted by atomic mass is 9.89. The molecule has 138 valence electrons. The molecule has 0 bridgehead atoms. The lowest BCUT2D eigenvalue weighted by molar-refractivity contribution is 0.0422. The molecule has 2 saturated heterocycles. The van der Waals surface area contributed by atoms with Crippen LogP contribution in [0.3, 0.4) is 0 Å². The summed E-state index contributed by atoms with van der Waals surface area (Å²) in [5.74, 6) is 0. The van der Waals surface area contributed by atoms with Crippen LogP contribution < -0.4 is 0 Å². The van der Waals surface area contributed by atoms with Crippen molar-refractivity contribution in [3.05, 3.63) is 71.8 Å². The van der Waals surface area contributed by atoms with Crippen LogP contribution in [0.5, 0.6) is 0 Å². The monoisotopic (exact) mass is 352 g/mol. The maximum absolute atomic E-state index is 5.89. The van der Waals surface area contributed by atoms with Gasteiger partial charge in [-0.1, -0.05) is 60.7 Å². The van der Waals surface area contributed by atoms with Gasteiger partial charge in [0.15, 0.2) is 12.5 Å². The summed E-state index contributed by atoms with van der Waals surface area (Å²) < 4.78 is 0. The van der Waals surface area contributed by atoms with Crippen LogP contribution in [0.4, 0.5) is 0 Å². The molecule has 2 heterocycles. The zero-order chi connectivity index (χ0) is 18.4. The molecular weight excluding hydrogens is 324 g/mol. The highest BCUT2D eigenvalue weighted by Crippen LogP contribution is 2.48. The first kappa shape index (κ1) is 17.7. The van der Waals surface area contributed by atoms with Crippen LogP contribution in [0, 0.1) is 0 Å². The van der Waals surface area contributed by atoms with Gasteiger partial charge >= 0.3 is 0 Å². The summed E-state index contributed by atoms with van der Waals surface area (Å²) in [5, 5.41) is 4.24. The van der Waals surface area contributed by atoms with E-state index in [2.05, 4.69) is 86.4 Å². The Hall–Kier alpha value is -1.72. The van der Waals surface area contributed by atoms with E-state index in [0.29, 0.717) is 0 Å². The first-order valence-corrected chi connectivity index (χ1v) is 9.41. The van der Waals surface area contributed by atoms with Gasteiger partial charge in [0.25, 0.3) is 0 Å². The molecule has 2 aliphatic rings. The summed E-state index contributed by atoms with van der Waals surface area (Å²) in [6.07, 6.45) is 2.24. The Bertz CT molecular complexity index is 680. The van der Waals surface area contributed by atoms with Crippen molar-refractivity contribution in [3.8, 4) is 0 Å². The Kier molecular flexibility index (Phi) is 4.40. The Balaban J connectivity index is 1.33. The van der Waals surface area contributed by atoms with Crippen LogP contribution in [0.15, 0.2) is 60.7 Å². The number of benzene rings is 2. The lowest BCUT2D eigenvalue weighted by Gasteiger charge is -2.30. The molecule has 26 heavy (non-hydrogen) atoms. The van der Waals surface area contributed by atoms with Crippen LogP contribution in [0.25, 0.3) is 0 Å². The predicted molar refractivity (Wildman–Crippen MR) is 102 cm³/mol. The van der Waals surface area contributed by atoms with Crippen molar-refractivity contribution in [2.24, 2.45) is 0 Å². The van der Waals surface area contributed by atoms with Gasteiger partial charge in [0.1, 0.15) is 0 Å². The number of nitrogens with zero attached hydrogens (tertiary/aromatic N) is 2. The molecule has 0 aromatic heterocycles. The summed E-state index contributed by atoms with van der Waals surface area (Å²) >= 11 is 0. The van der Waals surface area contributed by atoms with Gasteiger partial charge in [0.05, 0.1) is 0 Å². The molecular formula is C22H28N2O2. The van der Waals surface area contributed by atoms with Crippen LogP contribution in [0.1, 0.15) is 64.1 Å². The van der Waals surface area contributed by atoms with Gasteiger partial charge in [-0.25, -0.2) is 0 Å². The van der Waals surface area contributed by atoms with Crippen molar-refractivity contribution in [1.82, 2.24) is 10.1 Å². The first-order valence-electron chi connectivity index (χ1n) is 9.41. The van der Waals surface area contributed by atoms with Gasteiger partial charge in [-0.15, -0.1) is 10.1 Å². The fourth-order valence-corrected chi connectivity index (χ4v) is 3.54. The third kappa shape index (κ3) is 3.55. The molecule has 0 radical (unpaired) electrons. The summed E-state index contributed by atoms with van der Waals surface area (Å²) in [4.78, 5) is 11.8. The summed E-state index contributed by atoms with van der Waals surface area (Å²) in [5.41, 5.74) is 2.41. The molecule has 4 rings (SSSR count). The van der Waals surface area contributed by atoms with Gasteiger partial charge in [-0.2, -0.15) is 0 Å². The van der Waals surface area contributed by atoms with Crippen molar-refractivity contribution < 1.29 is 9.68 Å². The molecule has 2 fully saturated rings. The van der Waals surface area contributed by atoms with Crippen LogP contribution >= 0.6 is 0 Å². The van der Waals surface area contributed by atoms with E-state index in [1.807, 2.05) is 12.1 Å². The second kappa shape index (κ2) is 6.46. The topological polar surface area (TPSA) is 31.1 Å². The SMILES string of the molecule is CC(C)(CCC(C)(C)N1OC1c1ccccc1)N1OC1c1ccccc1. The molecule has 2 aromatic rings. The zero-order valence-electron chi connectivity index (χ0n) is 16.1. The third-order valence-electron chi connectivity index (χ3n) is 5.47. The van der Waals surface area contributed by atoms with Crippen LogP contribution in [0.2, 0.25) is 0 Å². The van der Waals surface area contributed by atoms with Gasteiger partial charge in [0.2, 0.25) is 0 Å². The fourth-order valence-electron chi connectivity index (χ4n) is 3.54. The minimum Gasteiger partial charge on any atom is -0.269 e. The average Bonchev–Trinajstić information content (AvgIpc) is 3.54. The van der Waals surface area contributed by atoms with Gasteiger partial charge in [-0.3, -0.25) is 9.68 Å². The van der Waals surface area contributed by atoms with Gasteiger partial charge < -0.3 is 0 Å². The second-order valence-electron chi connectivity index (χ2n) is 8.51. The first-order chi connectivity index (χ1) is 12.4. The van der Waals surface area contributed by atoms with E-state index in [1.54, 1.807) is 0 Å². The number of hydrogen-bond acceptors (Lipinski definition) is 4. The molecule has 0 saturated carbocycles. The number of hydroxylamine groups is 4. The number of rotatable bonds is 7. The van der Waals surface area contributed by atoms with Crippen LogP contribution in [-0.2, 0) is 9.68 Å². The van der Waals surface area contributed by atoms with E-state index in [1.165, 1.54) is 11.1 Å². The number of hydrogen-bond donors (Lipinski definition) is 0. The van der Waals surface area contributed by atoms with Gasteiger partial charge in [-0.05, 0) is 51.7 Å². The second-order valence-corrected chi connectivity index (χ2v) is 8.51. The van der Waals surface area contributed by atoms with Crippen molar-refractivity contribution in [2.75, 3.05) is 0 Å². The molecule has 2 aromatic carbocycles. The molecule has 2 aliphatic heterocycles. The minimum absolute atomic E-state index is 0.0178. The van der Waals surface area contributed by atoms with Crippen molar-refractivity contribution in [2.45, 2.75) is 64.1 Å². The Morgan fingerprint density at radius 2 is 1.00 bits per heavy atom. The predicted octanol–water partition coefficient (Wildman–Crippen LogP) is 5.22. The third-order valence-corrected chi connectivity index (χ3v) is 5.47. The molecule has 4 nitrogen and oxygen atoms in total. The van der Waals surface area contributed by atoms with E-state index in [9.17, 15) is 0 Å². The molecule has 4 heteroatoms. The smallest absolute Gasteiger partial charge is 0.180 e. The van der Waals surface area contributed by atoms with Crippen molar-refractivity contribution in [3.63, 3.8) is 0 Å².